The van der Waals surface area contributed by atoms with Crippen molar-refractivity contribution < 1.29 is 17.9 Å². The lowest BCUT2D eigenvalue weighted by molar-refractivity contribution is -0.116. The van der Waals surface area contributed by atoms with Crippen molar-refractivity contribution in [2.24, 2.45) is 0 Å². The Hall–Kier alpha value is -1.80. The molecular weight excluding hydrogens is 411 g/mol. The lowest BCUT2D eigenvalue weighted by Crippen LogP contribution is -2.38. The summed E-state index contributed by atoms with van der Waals surface area (Å²) < 4.78 is 32.3. The Kier molecular flexibility index (Phi) is 7.11. The van der Waals surface area contributed by atoms with Crippen molar-refractivity contribution in [3.8, 4) is 5.75 Å². The van der Waals surface area contributed by atoms with Crippen LogP contribution in [0.2, 0.25) is 10.0 Å². The molecule has 0 heterocycles. The van der Waals surface area contributed by atoms with E-state index in [9.17, 15) is 13.2 Å². The maximum absolute atomic E-state index is 13.0. The molecule has 27 heavy (non-hydrogen) atoms. The van der Waals surface area contributed by atoms with E-state index in [4.69, 9.17) is 27.9 Å². The molecule has 0 fully saturated rings. The van der Waals surface area contributed by atoms with E-state index in [0.29, 0.717) is 15.7 Å². The van der Waals surface area contributed by atoms with Gasteiger partial charge in [0.2, 0.25) is 15.9 Å². The topological polar surface area (TPSA) is 75.7 Å². The Bertz CT molecular complexity index is 948. The molecule has 0 bridgehead atoms. The molecule has 0 aromatic heterocycles. The largest absolute Gasteiger partial charge is 0.495 e. The van der Waals surface area contributed by atoms with Gasteiger partial charge in [-0.1, -0.05) is 36.2 Å². The highest BCUT2D eigenvalue weighted by Gasteiger charge is 2.28. The molecule has 0 aliphatic carbocycles. The van der Waals surface area contributed by atoms with Gasteiger partial charge in [0.15, 0.2) is 0 Å². The van der Waals surface area contributed by atoms with Crippen molar-refractivity contribution in [1.82, 2.24) is 4.31 Å². The second-order valence-electron chi connectivity index (χ2n) is 5.76. The molecule has 9 heteroatoms. The van der Waals surface area contributed by atoms with Crippen LogP contribution in [-0.2, 0) is 14.8 Å². The van der Waals surface area contributed by atoms with Gasteiger partial charge >= 0.3 is 0 Å². The SMILES string of the molecule is CCN(CC(=O)Nc1cc(Cl)ccc1Cl)S(=O)(=O)c1cc(C)ccc1OC. The van der Waals surface area contributed by atoms with Gasteiger partial charge in [-0.05, 0) is 42.8 Å². The van der Waals surface area contributed by atoms with E-state index in [1.54, 1.807) is 38.1 Å². The number of amides is 1. The molecule has 0 atom stereocenters. The molecule has 0 aliphatic rings. The highest BCUT2D eigenvalue weighted by molar-refractivity contribution is 7.89. The molecule has 146 valence electrons. The molecule has 0 aliphatic heterocycles. The minimum absolute atomic E-state index is 0.0143. The first-order chi connectivity index (χ1) is 12.7. The number of carbonyl (C=O) groups excluding carboxylic acids is 1. The van der Waals surface area contributed by atoms with Crippen LogP contribution in [0.1, 0.15) is 12.5 Å². The number of sulfonamides is 1. The van der Waals surface area contributed by atoms with Crippen LogP contribution in [0.25, 0.3) is 0 Å². The van der Waals surface area contributed by atoms with Gasteiger partial charge in [-0.2, -0.15) is 4.31 Å². The standard InChI is InChI=1S/C18H20Cl2N2O4S/c1-4-22(11-18(23)21-15-10-13(19)6-7-14(15)20)27(24,25)17-9-12(2)5-8-16(17)26-3/h5-10H,4,11H2,1-3H3,(H,21,23). The van der Waals surface area contributed by atoms with Gasteiger partial charge in [0, 0.05) is 11.6 Å². The minimum Gasteiger partial charge on any atom is -0.495 e. The van der Waals surface area contributed by atoms with E-state index in [-0.39, 0.29) is 23.7 Å². The number of benzene rings is 2. The normalized spacial score (nSPS) is 11.5. The number of halogens is 2. The average Bonchev–Trinajstić information content (AvgIpc) is 2.62. The Balaban J connectivity index is 2.27. The fraction of sp³-hybridized carbons (Fsp3) is 0.278. The van der Waals surface area contributed by atoms with E-state index in [0.717, 1.165) is 9.87 Å². The summed E-state index contributed by atoms with van der Waals surface area (Å²) in [6, 6.07) is 9.49. The number of nitrogens with one attached hydrogen (secondary N) is 1. The lowest BCUT2D eigenvalue weighted by Gasteiger charge is -2.21. The first-order valence-corrected chi connectivity index (χ1v) is 10.3. The van der Waals surface area contributed by atoms with Crippen molar-refractivity contribution in [1.29, 1.82) is 0 Å². The number of rotatable bonds is 7. The van der Waals surface area contributed by atoms with Crippen LogP contribution in [0.4, 0.5) is 5.69 Å². The molecule has 0 saturated heterocycles. The predicted octanol–water partition coefficient (Wildman–Crippen LogP) is 3.96. The number of likely N-dealkylation sites (N-methyl/N-ethyl adjacent to an activating group) is 1. The highest BCUT2D eigenvalue weighted by Crippen LogP contribution is 2.28. The predicted molar refractivity (Wildman–Crippen MR) is 107 cm³/mol. The third-order valence-electron chi connectivity index (χ3n) is 3.81. The van der Waals surface area contributed by atoms with E-state index in [2.05, 4.69) is 5.32 Å². The quantitative estimate of drug-likeness (QED) is 0.720. The smallest absolute Gasteiger partial charge is 0.247 e. The maximum atomic E-state index is 13.0. The second kappa shape index (κ2) is 8.93. The van der Waals surface area contributed by atoms with Crippen LogP contribution in [0.15, 0.2) is 41.3 Å². The van der Waals surface area contributed by atoms with Crippen LogP contribution in [0.3, 0.4) is 0 Å². The van der Waals surface area contributed by atoms with Gasteiger partial charge in [0.1, 0.15) is 10.6 Å². The number of nitrogens with zero attached hydrogens (tertiary/aromatic N) is 1. The lowest BCUT2D eigenvalue weighted by atomic mass is 10.2. The summed E-state index contributed by atoms with van der Waals surface area (Å²) in [5.41, 5.74) is 1.08. The van der Waals surface area contributed by atoms with Crippen molar-refractivity contribution in [3.63, 3.8) is 0 Å². The third kappa shape index (κ3) is 5.13. The molecule has 1 amide bonds. The van der Waals surface area contributed by atoms with Crippen molar-refractivity contribution in [2.45, 2.75) is 18.7 Å². The second-order valence-corrected chi connectivity index (χ2v) is 8.51. The van der Waals surface area contributed by atoms with E-state index >= 15 is 0 Å². The summed E-state index contributed by atoms with van der Waals surface area (Å²) in [6.45, 7) is 3.16. The van der Waals surface area contributed by atoms with Crippen molar-refractivity contribution in [3.05, 3.63) is 52.0 Å². The van der Waals surface area contributed by atoms with Crippen LogP contribution in [-0.4, -0.2) is 38.8 Å². The van der Waals surface area contributed by atoms with Crippen molar-refractivity contribution in [2.75, 3.05) is 25.5 Å². The number of aryl methyl sites for hydroxylation is 1. The van der Waals surface area contributed by atoms with Crippen LogP contribution in [0.5, 0.6) is 5.75 Å². The average molecular weight is 431 g/mol. The summed E-state index contributed by atoms with van der Waals surface area (Å²) in [5.74, 6) is -0.312. The molecule has 0 spiro atoms. The zero-order valence-electron chi connectivity index (χ0n) is 15.1. The molecule has 2 aromatic carbocycles. The number of anilines is 1. The number of carbonyl (C=O) groups is 1. The Labute approximate surface area is 169 Å². The van der Waals surface area contributed by atoms with Crippen LogP contribution < -0.4 is 10.1 Å². The minimum atomic E-state index is -3.93. The van der Waals surface area contributed by atoms with E-state index < -0.39 is 15.9 Å². The molecule has 2 rings (SSSR count). The first-order valence-electron chi connectivity index (χ1n) is 8.08. The maximum Gasteiger partial charge on any atom is 0.247 e. The van der Waals surface area contributed by atoms with Gasteiger partial charge in [-0.15, -0.1) is 0 Å². The molecular formula is C18H20Cl2N2O4S. The number of methoxy groups -OCH3 is 1. The molecule has 2 aromatic rings. The van der Waals surface area contributed by atoms with E-state index in [1.807, 2.05) is 0 Å². The number of hydrogen-bond acceptors (Lipinski definition) is 4. The highest BCUT2D eigenvalue weighted by atomic mass is 35.5. The molecule has 0 unspecified atom stereocenters. The summed E-state index contributed by atoms with van der Waals surface area (Å²) in [7, 11) is -2.54. The zero-order chi connectivity index (χ0) is 20.2. The zero-order valence-corrected chi connectivity index (χ0v) is 17.5. The first kappa shape index (κ1) is 21.5. The van der Waals surface area contributed by atoms with Crippen LogP contribution >= 0.6 is 23.2 Å². The van der Waals surface area contributed by atoms with Gasteiger partial charge in [-0.3, -0.25) is 4.79 Å². The van der Waals surface area contributed by atoms with Gasteiger partial charge in [0.25, 0.3) is 0 Å². The van der Waals surface area contributed by atoms with Gasteiger partial charge in [0.05, 0.1) is 24.4 Å². The monoisotopic (exact) mass is 430 g/mol. The molecule has 1 N–H and O–H groups in total. The molecule has 6 nitrogen and oxygen atoms in total. The van der Waals surface area contributed by atoms with Crippen LogP contribution in [0, 0.1) is 6.92 Å². The number of ether oxygens (including phenoxy) is 1. The fourth-order valence-corrected chi connectivity index (χ4v) is 4.42. The Morgan fingerprint density at radius 3 is 2.52 bits per heavy atom. The van der Waals surface area contributed by atoms with Gasteiger partial charge in [-0.25, -0.2) is 8.42 Å². The molecule has 0 saturated carbocycles. The Morgan fingerprint density at radius 1 is 1.19 bits per heavy atom. The summed E-state index contributed by atoms with van der Waals surface area (Å²) in [6.07, 6.45) is 0. The molecule has 0 radical (unpaired) electrons. The Morgan fingerprint density at radius 2 is 1.89 bits per heavy atom. The number of hydrogen-bond donors (Lipinski definition) is 1. The van der Waals surface area contributed by atoms with Crippen molar-refractivity contribution >= 4 is 44.8 Å². The van der Waals surface area contributed by atoms with Gasteiger partial charge < -0.3 is 10.1 Å². The fourth-order valence-electron chi connectivity index (χ4n) is 2.43. The summed E-state index contributed by atoms with van der Waals surface area (Å²) in [4.78, 5) is 12.4. The summed E-state index contributed by atoms with van der Waals surface area (Å²) in [5, 5.41) is 3.29. The van der Waals surface area contributed by atoms with E-state index in [1.165, 1.54) is 19.2 Å². The summed E-state index contributed by atoms with van der Waals surface area (Å²) >= 11 is 11.9. The third-order valence-corrected chi connectivity index (χ3v) is 6.32.